The van der Waals surface area contributed by atoms with Gasteiger partial charge in [-0.25, -0.2) is 4.79 Å². The number of unbranched alkanes of at least 4 members (excludes halogenated alkanes) is 1. The van der Waals surface area contributed by atoms with E-state index in [0.29, 0.717) is 19.7 Å². The van der Waals surface area contributed by atoms with Crippen LogP contribution in [-0.2, 0) is 20.8 Å². The predicted molar refractivity (Wildman–Crippen MR) is 102 cm³/mol. The van der Waals surface area contributed by atoms with Gasteiger partial charge in [-0.3, -0.25) is 14.5 Å². The highest BCUT2D eigenvalue weighted by Gasteiger charge is 2.38. The summed E-state index contributed by atoms with van der Waals surface area (Å²) in [6, 6.07) is 7.86. The molecule has 9 nitrogen and oxygen atoms in total. The smallest absolute Gasteiger partial charge is 0.490 e. The van der Waals surface area contributed by atoms with Gasteiger partial charge in [0.1, 0.15) is 12.4 Å². The maximum Gasteiger partial charge on any atom is 0.490 e. The molecule has 0 fully saturated rings. The average molecular weight is 436 g/mol. The largest absolute Gasteiger partial charge is 0.492 e. The molecule has 1 rings (SSSR count). The SMILES string of the molecule is NCCCCc1ccc(OCCN(CC(N)=O)CC(N)=O)cc1.O=C(O)C(F)(F)F. The minimum Gasteiger partial charge on any atom is -0.492 e. The number of hydrogen-bond donors (Lipinski definition) is 4. The van der Waals surface area contributed by atoms with Gasteiger partial charge in [0.25, 0.3) is 0 Å². The number of carbonyl (C=O) groups excluding carboxylic acids is 2. The Morgan fingerprint density at radius 3 is 1.90 bits per heavy atom. The minimum absolute atomic E-state index is 0.0214. The van der Waals surface area contributed by atoms with E-state index in [1.54, 1.807) is 4.90 Å². The third kappa shape index (κ3) is 14.2. The number of ether oxygens (including phenoxy) is 1. The number of aryl methyl sites for hydroxylation is 1. The first-order chi connectivity index (χ1) is 14.0. The number of nitrogens with two attached hydrogens (primary N) is 3. The number of hydrogen-bond acceptors (Lipinski definition) is 6. The number of carbonyl (C=O) groups is 3. The summed E-state index contributed by atoms with van der Waals surface area (Å²) < 4.78 is 37.4. The highest BCUT2D eigenvalue weighted by atomic mass is 19.4. The van der Waals surface area contributed by atoms with Gasteiger partial charge in [-0.05, 0) is 43.5 Å². The molecule has 170 valence electrons. The summed E-state index contributed by atoms with van der Waals surface area (Å²) in [5, 5.41) is 7.12. The van der Waals surface area contributed by atoms with Gasteiger partial charge in [-0.2, -0.15) is 13.2 Å². The standard InChI is InChI=1S/C16H26N4O3.C2HF3O2/c17-8-2-1-3-13-4-6-14(7-5-13)23-10-9-20(11-15(18)21)12-16(19)22;3-2(4,5)1(6)7/h4-7H,1-3,8-12,17H2,(H2,18,21)(H2,19,22);(H,6,7). The van der Waals surface area contributed by atoms with Gasteiger partial charge in [0.15, 0.2) is 0 Å². The first kappa shape index (κ1) is 27.1. The first-order valence-electron chi connectivity index (χ1n) is 8.96. The van der Waals surface area contributed by atoms with Crippen molar-refractivity contribution in [1.29, 1.82) is 0 Å². The van der Waals surface area contributed by atoms with E-state index in [1.165, 1.54) is 5.56 Å². The Hall–Kier alpha value is -2.86. The summed E-state index contributed by atoms with van der Waals surface area (Å²) in [5.41, 5.74) is 17.0. The van der Waals surface area contributed by atoms with Gasteiger partial charge < -0.3 is 27.0 Å². The molecule has 7 N–H and O–H groups in total. The van der Waals surface area contributed by atoms with Crippen LogP contribution >= 0.6 is 0 Å². The molecule has 0 saturated carbocycles. The van der Waals surface area contributed by atoms with Crippen LogP contribution in [0.15, 0.2) is 24.3 Å². The molecule has 0 spiro atoms. The van der Waals surface area contributed by atoms with Crippen LogP contribution in [0, 0.1) is 0 Å². The highest BCUT2D eigenvalue weighted by molar-refractivity contribution is 5.79. The summed E-state index contributed by atoms with van der Waals surface area (Å²) >= 11 is 0. The second-order valence-electron chi connectivity index (χ2n) is 6.18. The van der Waals surface area contributed by atoms with E-state index in [1.807, 2.05) is 24.3 Å². The number of primary amides is 2. The molecule has 0 radical (unpaired) electrons. The van der Waals surface area contributed by atoms with Gasteiger partial charge in [-0.1, -0.05) is 12.1 Å². The Labute approximate surface area is 171 Å². The third-order valence-electron chi connectivity index (χ3n) is 3.52. The molecule has 12 heteroatoms. The summed E-state index contributed by atoms with van der Waals surface area (Å²) in [4.78, 5) is 32.4. The lowest BCUT2D eigenvalue weighted by atomic mass is 10.1. The van der Waals surface area contributed by atoms with Crippen molar-refractivity contribution >= 4 is 17.8 Å². The number of nitrogens with zero attached hydrogens (tertiary/aromatic N) is 1. The van der Waals surface area contributed by atoms with E-state index in [0.717, 1.165) is 25.0 Å². The summed E-state index contributed by atoms with van der Waals surface area (Å²) in [7, 11) is 0. The van der Waals surface area contributed by atoms with Crippen molar-refractivity contribution in [3.8, 4) is 5.75 Å². The Morgan fingerprint density at radius 1 is 1.00 bits per heavy atom. The number of alkyl halides is 3. The van der Waals surface area contributed by atoms with Crippen LogP contribution in [0.1, 0.15) is 18.4 Å². The second-order valence-corrected chi connectivity index (χ2v) is 6.18. The predicted octanol–water partition coefficient (Wildman–Crippen LogP) is 0.253. The Kier molecular flexibility index (Phi) is 12.8. The van der Waals surface area contributed by atoms with Crippen molar-refractivity contribution in [1.82, 2.24) is 4.90 Å². The Morgan fingerprint density at radius 2 is 1.50 bits per heavy atom. The molecule has 0 unspecified atom stereocenters. The number of carboxylic acid groups (broad SMARTS) is 1. The molecule has 0 atom stereocenters. The summed E-state index contributed by atoms with van der Waals surface area (Å²) in [6.07, 6.45) is -1.98. The van der Waals surface area contributed by atoms with Crippen molar-refractivity contribution in [2.24, 2.45) is 17.2 Å². The first-order valence-corrected chi connectivity index (χ1v) is 8.96. The van der Waals surface area contributed by atoms with Crippen LogP contribution in [0.3, 0.4) is 0 Å². The van der Waals surface area contributed by atoms with E-state index in [2.05, 4.69) is 0 Å². The molecular weight excluding hydrogens is 409 g/mol. The van der Waals surface area contributed by atoms with Crippen molar-refractivity contribution in [3.05, 3.63) is 29.8 Å². The number of amides is 2. The Bertz CT molecular complexity index is 653. The number of carboxylic acids is 1. The fourth-order valence-corrected chi connectivity index (χ4v) is 2.17. The van der Waals surface area contributed by atoms with Crippen LogP contribution in [-0.4, -0.2) is 66.8 Å². The van der Waals surface area contributed by atoms with Crippen LogP contribution in [0.2, 0.25) is 0 Å². The van der Waals surface area contributed by atoms with Crippen molar-refractivity contribution in [2.45, 2.75) is 25.4 Å². The zero-order chi connectivity index (χ0) is 23.2. The quantitative estimate of drug-likeness (QED) is 0.341. The van der Waals surface area contributed by atoms with E-state index in [9.17, 15) is 22.8 Å². The molecule has 0 saturated heterocycles. The average Bonchev–Trinajstić information content (AvgIpc) is 2.62. The number of aliphatic carboxylic acids is 1. The van der Waals surface area contributed by atoms with Crippen LogP contribution in [0.4, 0.5) is 13.2 Å². The normalized spacial score (nSPS) is 10.8. The monoisotopic (exact) mass is 436 g/mol. The molecule has 0 aliphatic rings. The van der Waals surface area contributed by atoms with Gasteiger partial charge in [0, 0.05) is 6.54 Å². The molecule has 0 aliphatic carbocycles. The topological polar surface area (TPSA) is 162 Å². The molecule has 0 aromatic heterocycles. The third-order valence-corrected chi connectivity index (χ3v) is 3.52. The maximum absolute atomic E-state index is 10.9. The van der Waals surface area contributed by atoms with Gasteiger partial charge in [0.05, 0.1) is 13.1 Å². The molecular formula is C18H27F3N4O5. The fraction of sp³-hybridized carbons (Fsp3) is 0.500. The Balaban J connectivity index is 0.00000103. The minimum atomic E-state index is -5.08. The van der Waals surface area contributed by atoms with Crippen LogP contribution in [0.25, 0.3) is 0 Å². The number of rotatable bonds is 12. The van der Waals surface area contributed by atoms with E-state index in [4.69, 9.17) is 31.8 Å². The molecule has 0 bridgehead atoms. The zero-order valence-electron chi connectivity index (χ0n) is 16.4. The molecule has 1 aromatic carbocycles. The lowest BCUT2D eigenvalue weighted by molar-refractivity contribution is -0.192. The maximum atomic E-state index is 10.9. The number of benzene rings is 1. The van der Waals surface area contributed by atoms with Crippen molar-refractivity contribution in [3.63, 3.8) is 0 Å². The molecule has 0 heterocycles. The number of halogens is 3. The van der Waals surface area contributed by atoms with Crippen molar-refractivity contribution in [2.75, 3.05) is 32.8 Å². The molecule has 30 heavy (non-hydrogen) atoms. The van der Waals surface area contributed by atoms with Crippen LogP contribution in [0.5, 0.6) is 5.75 Å². The van der Waals surface area contributed by atoms with Gasteiger partial charge in [0.2, 0.25) is 11.8 Å². The van der Waals surface area contributed by atoms with Gasteiger partial charge in [-0.15, -0.1) is 0 Å². The zero-order valence-corrected chi connectivity index (χ0v) is 16.4. The fourth-order valence-electron chi connectivity index (χ4n) is 2.17. The highest BCUT2D eigenvalue weighted by Crippen LogP contribution is 2.14. The van der Waals surface area contributed by atoms with Gasteiger partial charge >= 0.3 is 12.1 Å². The summed E-state index contributed by atoms with van der Waals surface area (Å²) in [5.74, 6) is -3.03. The second kappa shape index (κ2) is 14.2. The lowest BCUT2D eigenvalue weighted by Crippen LogP contribution is -2.41. The van der Waals surface area contributed by atoms with E-state index < -0.39 is 24.0 Å². The molecule has 1 aromatic rings. The molecule has 0 aliphatic heterocycles. The lowest BCUT2D eigenvalue weighted by Gasteiger charge is -2.19. The molecule has 2 amide bonds. The van der Waals surface area contributed by atoms with E-state index >= 15 is 0 Å². The van der Waals surface area contributed by atoms with Crippen LogP contribution < -0.4 is 21.9 Å². The summed E-state index contributed by atoms with van der Waals surface area (Å²) in [6.45, 7) is 1.41. The van der Waals surface area contributed by atoms with Crippen molar-refractivity contribution < 1.29 is 37.4 Å². The van der Waals surface area contributed by atoms with E-state index in [-0.39, 0.29) is 13.1 Å².